The molecule has 0 saturated carbocycles. The molecular formula is C20H16Cl2FN3. The molecule has 0 fully saturated rings. The van der Waals surface area contributed by atoms with E-state index in [1.54, 1.807) is 36.7 Å². The summed E-state index contributed by atoms with van der Waals surface area (Å²) in [6, 6.07) is 12.1. The minimum atomic E-state index is -0.323. The van der Waals surface area contributed by atoms with Crippen molar-refractivity contribution in [1.82, 2.24) is 15.1 Å². The van der Waals surface area contributed by atoms with Crippen LogP contribution in [0.4, 0.5) is 4.39 Å². The van der Waals surface area contributed by atoms with Crippen LogP contribution in [0.3, 0.4) is 0 Å². The van der Waals surface area contributed by atoms with Gasteiger partial charge in [0.05, 0.1) is 16.6 Å². The Hall–Kier alpha value is -2.32. The molecule has 3 aromatic rings. The Morgan fingerprint density at radius 1 is 1.23 bits per heavy atom. The van der Waals surface area contributed by atoms with Crippen LogP contribution in [0.2, 0.25) is 10.0 Å². The fourth-order valence-corrected chi connectivity index (χ4v) is 2.80. The van der Waals surface area contributed by atoms with Crippen LogP contribution in [0.5, 0.6) is 0 Å². The standard InChI is InChI=1S/C20H16Cl2FN3/c1-14(24-10-3-6-15-5-2-7-17(21)20(15)22)16-8-9-19(18(23)13-16)26-12-4-11-25-26/h2,4-5,7-9,11-14,24H,10H2,1H3/t14-/m0/s1. The highest BCUT2D eigenvalue weighted by molar-refractivity contribution is 6.42. The molecule has 0 saturated heterocycles. The summed E-state index contributed by atoms with van der Waals surface area (Å²) in [5.74, 6) is 5.67. The normalized spacial score (nSPS) is 11.7. The van der Waals surface area contributed by atoms with E-state index in [-0.39, 0.29) is 11.9 Å². The smallest absolute Gasteiger partial charge is 0.149 e. The molecule has 0 spiro atoms. The van der Waals surface area contributed by atoms with E-state index in [0.717, 1.165) is 5.56 Å². The van der Waals surface area contributed by atoms with Gasteiger partial charge >= 0.3 is 0 Å². The van der Waals surface area contributed by atoms with Crippen LogP contribution in [0.25, 0.3) is 5.69 Å². The minimum Gasteiger partial charge on any atom is -0.300 e. The lowest BCUT2D eigenvalue weighted by Gasteiger charge is -2.13. The topological polar surface area (TPSA) is 29.9 Å². The number of aromatic nitrogens is 2. The molecule has 0 radical (unpaired) electrons. The molecule has 0 aliphatic heterocycles. The van der Waals surface area contributed by atoms with E-state index in [0.29, 0.717) is 27.8 Å². The molecule has 26 heavy (non-hydrogen) atoms. The Kier molecular flexibility index (Phi) is 5.95. The zero-order chi connectivity index (χ0) is 18.5. The highest BCUT2D eigenvalue weighted by atomic mass is 35.5. The van der Waals surface area contributed by atoms with Crippen LogP contribution >= 0.6 is 23.2 Å². The number of nitrogens with zero attached hydrogens (tertiary/aromatic N) is 2. The van der Waals surface area contributed by atoms with Gasteiger partial charge in [-0.25, -0.2) is 9.07 Å². The van der Waals surface area contributed by atoms with Gasteiger partial charge in [0.1, 0.15) is 11.5 Å². The van der Waals surface area contributed by atoms with Gasteiger partial charge in [0.2, 0.25) is 0 Å². The van der Waals surface area contributed by atoms with E-state index >= 15 is 0 Å². The molecule has 2 aromatic carbocycles. The molecule has 0 aliphatic rings. The highest BCUT2D eigenvalue weighted by Gasteiger charge is 2.10. The second-order valence-corrected chi connectivity index (χ2v) is 6.45. The van der Waals surface area contributed by atoms with E-state index in [2.05, 4.69) is 22.3 Å². The lowest BCUT2D eigenvalue weighted by molar-refractivity contribution is 0.588. The van der Waals surface area contributed by atoms with Crippen molar-refractivity contribution in [2.75, 3.05) is 6.54 Å². The van der Waals surface area contributed by atoms with E-state index < -0.39 is 0 Å². The predicted molar refractivity (Wildman–Crippen MR) is 103 cm³/mol. The maximum atomic E-state index is 14.3. The van der Waals surface area contributed by atoms with Gasteiger partial charge in [-0.15, -0.1) is 0 Å². The van der Waals surface area contributed by atoms with Crippen molar-refractivity contribution in [3.63, 3.8) is 0 Å². The summed E-state index contributed by atoms with van der Waals surface area (Å²) in [6.07, 6.45) is 3.32. The van der Waals surface area contributed by atoms with Gasteiger partial charge in [0.25, 0.3) is 0 Å². The van der Waals surface area contributed by atoms with E-state index in [1.165, 1.54) is 10.7 Å². The molecule has 132 valence electrons. The van der Waals surface area contributed by atoms with Crippen molar-refractivity contribution in [2.24, 2.45) is 0 Å². The van der Waals surface area contributed by atoms with Gasteiger partial charge < -0.3 is 0 Å². The number of hydrogen-bond acceptors (Lipinski definition) is 2. The molecule has 1 aromatic heterocycles. The first kappa shape index (κ1) is 18.5. The minimum absolute atomic E-state index is 0.0553. The predicted octanol–water partition coefficient (Wildman–Crippen LogP) is 5.02. The summed E-state index contributed by atoms with van der Waals surface area (Å²) in [7, 11) is 0. The van der Waals surface area contributed by atoms with Gasteiger partial charge in [-0.2, -0.15) is 5.10 Å². The molecule has 1 heterocycles. The molecule has 0 aliphatic carbocycles. The Morgan fingerprint density at radius 3 is 2.81 bits per heavy atom. The number of nitrogens with one attached hydrogen (secondary N) is 1. The van der Waals surface area contributed by atoms with Crippen molar-refractivity contribution in [2.45, 2.75) is 13.0 Å². The molecule has 3 nitrogen and oxygen atoms in total. The van der Waals surface area contributed by atoms with Crippen molar-refractivity contribution < 1.29 is 4.39 Å². The maximum absolute atomic E-state index is 14.3. The third-order valence-corrected chi connectivity index (χ3v) is 4.71. The Labute approximate surface area is 161 Å². The first-order valence-corrected chi connectivity index (χ1v) is 8.77. The molecule has 0 unspecified atom stereocenters. The molecule has 1 atom stereocenters. The number of benzene rings is 2. The van der Waals surface area contributed by atoms with Crippen LogP contribution in [0, 0.1) is 17.7 Å². The number of halogens is 3. The fourth-order valence-electron chi connectivity index (χ4n) is 2.45. The van der Waals surface area contributed by atoms with Crippen LogP contribution < -0.4 is 5.32 Å². The zero-order valence-corrected chi connectivity index (χ0v) is 15.5. The number of hydrogen-bond donors (Lipinski definition) is 1. The second-order valence-electron chi connectivity index (χ2n) is 5.67. The first-order chi connectivity index (χ1) is 12.6. The van der Waals surface area contributed by atoms with Crippen LogP contribution in [-0.2, 0) is 0 Å². The molecular weight excluding hydrogens is 372 g/mol. The largest absolute Gasteiger partial charge is 0.300 e. The second kappa shape index (κ2) is 8.37. The molecule has 0 amide bonds. The van der Waals surface area contributed by atoms with Crippen molar-refractivity contribution in [1.29, 1.82) is 0 Å². The third-order valence-electron chi connectivity index (χ3n) is 3.89. The van der Waals surface area contributed by atoms with Crippen LogP contribution in [-0.4, -0.2) is 16.3 Å². The molecule has 1 N–H and O–H groups in total. The van der Waals surface area contributed by atoms with Crippen LogP contribution in [0.15, 0.2) is 54.9 Å². The average molecular weight is 388 g/mol. The summed E-state index contributed by atoms with van der Waals surface area (Å²) < 4.78 is 15.8. The third kappa shape index (κ3) is 4.25. The van der Waals surface area contributed by atoms with Gasteiger partial charge in [-0.05, 0) is 42.8 Å². The van der Waals surface area contributed by atoms with E-state index in [9.17, 15) is 4.39 Å². The monoisotopic (exact) mass is 387 g/mol. The first-order valence-electron chi connectivity index (χ1n) is 8.02. The van der Waals surface area contributed by atoms with Crippen molar-refractivity contribution in [3.8, 4) is 17.5 Å². The summed E-state index contributed by atoms with van der Waals surface area (Å²) in [5.41, 5.74) is 1.94. The van der Waals surface area contributed by atoms with Gasteiger partial charge in [-0.1, -0.05) is 47.2 Å². The van der Waals surface area contributed by atoms with Crippen molar-refractivity contribution in [3.05, 3.63) is 81.8 Å². The molecule has 0 bridgehead atoms. The average Bonchev–Trinajstić information content (AvgIpc) is 3.16. The van der Waals surface area contributed by atoms with Gasteiger partial charge in [0, 0.05) is 24.0 Å². The maximum Gasteiger partial charge on any atom is 0.149 e. The van der Waals surface area contributed by atoms with Gasteiger partial charge in [-0.3, -0.25) is 5.32 Å². The molecule has 3 rings (SSSR count). The quantitative estimate of drug-likeness (QED) is 0.636. The Balaban J connectivity index is 1.64. The van der Waals surface area contributed by atoms with Crippen LogP contribution in [0.1, 0.15) is 24.1 Å². The Morgan fingerprint density at radius 2 is 2.08 bits per heavy atom. The fraction of sp³-hybridized carbons (Fsp3) is 0.150. The SMILES string of the molecule is C[C@H](NCC#Cc1cccc(Cl)c1Cl)c1ccc(-n2cccn2)c(F)c1. The van der Waals surface area contributed by atoms with Crippen molar-refractivity contribution >= 4 is 23.2 Å². The number of rotatable bonds is 4. The van der Waals surface area contributed by atoms with E-state index in [1.807, 2.05) is 19.1 Å². The van der Waals surface area contributed by atoms with E-state index in [4.69, 9.17) is 23.2 Å². The summed E-state index contributed by atoms with van der Waals surface area (Å²) >= 11 is 12.1. The van der Waals surface area contributed by atoms with Gasteiger partial charge in [0.15, 0.2) is 0 Å². The molecule has 6 heteroatoms. The zero-order valence-electron chi connectivity index (χ0n) is 14.0. The summed E-state index contributed by atoms with van der Waals surface area (Å²) in [6.45, 7) is 2.39. The highest BCUT2D eigenvalue weighted by Crippen LogP contribution is 2.24. The summed E-state index contributed by atoms with van der Waals surface area (Å²) in [5, 5.41) is 8.22. The Bertz CT molecular complexity index is 959. The summed E-state index contributed by atoms with van der Waals surface area (Å²) in [4.78, 5) is 0. The lowest BCUT2D eigenvalue weighted by Crippen LogP contribution is -2.19. The lowest BCUT2D eigenvalue weighted by atomic mass is 10.1.